The smallest absolute Gasteiger partial charge is 0.288 e. The number of hydrogen-bond acceptors (Lipinski definition) is 6. The van der Waals surface area contributed by atoms with Crippen LogP contribution < -0.4 is 20.5 Å². The molecule has 0 amide bonds. The molecular weight excluding hydrogens is 486 g/mol. The summed E-state index contributed by atoms with van der Waals surface area (Å²) in [6, 6.07) is 8.43. The normalized spacial score (nSPS) is 11.0. The van der Waals surface area contributed by atoms with Gasteiger partial charge in [-0.2, -0.15) is 10.2 Å². The van der Waals surface area contributed by atoms with Gasteiger partial charge in [-0.05, 0) is 30.3 Å². The summed E-state index contributed by atoms with van der Waals surface area (Å²) < 4.78 is 11.6. The molecule has 0 spiro atoms. The van der Waals surface area contributed by atoms with Crippen LogP contribution >= 0.6 is 46.4 Å². The van der Waals surface area contributed by atoms with Crippen LogP contribution in [0.3, 0.4) is 0 Å². The molecular formula is C20H16Cl4N4O3. The average molecular weight is 502 g/mol. The molecule has 0 aliphatic heterocycles. The van der Waals surface area contributed by atoms with Crippen LogP contribution in [0.4, 0.5) is 5.69 Å². The van der Waals surface area contributed by atoms with Crippen LogP contribution in [0.15, 0.2) is 46.4 Å². The molecule has 0 atom stereocenters. The minimum Gasteiger partial charge on any atom is -0.497 e. The molecule has 0 unspecified atom stereocenters. The molecule has 0 radical (unpaired) electrons. The van der Waals surface area contributed by atoms with Gasteiger partial charge in [0.1, 0.15) is 22.2 Å². The Balaban J connectivity index is 1.83. The molecule has 3 aromatic rings. The van der Waals surface area contributed by atoms with Crippen LogP contribution in [0.25, 0.3) is 0 Å². The first-order valence-corrected chi connectivity index (χ1v) is 10.3. The Kier molecular flexibility index (Phi) is 7.67. The van der Waals surface area contributed by atoms with E-state index in [1.807, 2.05) is 0 Å². The van der Waals surface area contributed by atoms with Crippen molar-refractivity contribution in [3.8, 4) is 11.5 Å². The SMILES string of the molecule is COc1ccc(OC)c(/C=N\Nc2cnn(Cc3c(Cl)ccc(Cl)c3Cl)c(=O)c2Cl)c1. The van der Waals surface area contributed by atoms with E-state index in [2.05, 4.69) is 15.6 Å². The van der Waals surface area contributed by atoms with Crippen molar-refractivity contribution in [3.63, 3.8) is 0 Å². The van der Waals surface area contributed by atoms with Gasteiger partial charge in [0, 0.05) is 16.1 Å². The number of anilines is 1. The van der Waals surface area contributed by atoms with Gasteiger partial charge in [-0.1, -0.05) is 46.4 Å². The summed E-state index contributed by atoms with van der Waals surface area (Å²) in [5.41, 5.74) is 3.51. The van der Waals surface area contributed by atoms with Crippen molar-refractivity contribution in [2.75, 3.05) is 19.6 Å². The zero-order valence-corrected chi connectivity index (χ0v) is 19.4. The van der Waals surface area contributed by atoms with Crippen LogP contribution in [-0.4, -0.2) is 30.2 Å². The minimum absolute atomic E-state index is 0.00133. The van der Waals surface area contributed by atoms with Gasteiger partial charge in [-0.15, -0.1) is 0 Å². The average Bonchev–Trinajstić information content (AvgIpc) is 2.78. The molecule has 1 N–H and O–H groups in total. The predicted octanol–water partition coefficient (Wildman–Crippen LogP) is 5.37. The third kappa shape index (κ3) is 5.25. The van der Waals surface area contributed by atoms with Crippen molar-refractivity contribution < 1.29 is 9.47 Å². The molecule has 0 aliphatic carbocycles. The number of hydrogen-bond donors (Lipinski definition) is 1. The summed E-state index contributed by atoms with van der Waals surface area (Å²) in [5, 5.41) is 9.05. The van der Waals surface area contributed by atoms with Gasteiger partial charge in [-0.3, -0.25) is 10.2 Å². The lowest BCUT2D eigenvalue weighted by Crippen LogP contribution is -2.24. The quantitative estimate of drug-likeness (QED) is 0.267. The molecule has 2 aromatic carbocycles. The zero-order valence-electron chi connectivity index (χ0n) is 16.3. The highest BCUT2D eigenvalue weighted by Crippen LogP contribution is 2.32. The fourth-order valence-electron chi connectivity index (χ4n) is 2.63. The molecule has 7 nitrogen and oxygen atoms in total. The maximum absolute atomic E-state index is 12.6. The molecule has 0 saturated heterocycles. The van der Waals surface area contributed by atoms with E-state index < -0.39 is 5.56 Å². The summed E-state index contributed by atoms with van der Waals surface area (Å²) in [6.45, 7) is 0.00133. The lowest BCUT2D eigenvalue weighted by atomic mass is 10.2. The van der Waals surface area contributed by atoms with Crippen molar-refractivity contribution >= 4 is 58.3 Å². The molecule has 0 saturated carbocycles. The highest BCUT2D eigenvalue weighted by Gasteiger charge is 2.14. The summed E-state index contributed by atoms with van der Waals surface area (Å²) in [5.74, 6) is 1.24. The maximum atomic E-state index is 12.6. The lowest BCUT2D eigenvalue weighted by molar-refractivity contribution is 0.402. The van der Waals surface area contributed by atoms with Crippen LogP contribution in [0.1, 0.15) is 11.1 Å². The number of aromatic nitrogens is 2. The van der Waals surface area contributed by atoms with Crippen molar-refractivity contribution in [1.29, 1.82) is 0 Å². The Morgan fingerprint density at radius 2 is 1.81 bits per heavy atom. The second-order valence-corrected chi connectivity index (χ2v) is 7.70. The Morgan fingerprint density at radius 3 is 2.52 bits per heavy atom. The van der Waals surface area contributed by atoms with Gasteiger partial charge in [0.2, 0.25) is 0 Å². The fourth-order valence-corrected chi connectivity index (χ4v) is 3.49. The van der Waals surface area contributed by atoms with Crippen molar-refractivity contribution in [3.05, 3.63) is 78.1 Å². The third-order valence-corrected chi connectivity index (χ3v) is 5.82. The summed E-state index contributed by atoms with van der Waals surface area (Å²) in [7, 11) is 3.11. The van der Waals surface area contributed by atoms with Crippen LogP contribution in [0, 0.1) is 0 Å². The van der Waals surface area contributed by atoms with Crippen LogP contribution in [0.5, 0.6) is 11.5 Å². The molecule has 0 aliphatic rings. The predicted molar refractivity (Wildman–Crippen MR) is 125 cm³/mol. The van der Waals surface area contributed by atoms with E-state index in [1.54, 1.807) is 44.6 Å². The molecule has 3 rings (SSSR count). The Bertz CT molecular complexity index is 1200. The number of ether oxygens (including phenoxy) is 2. The van der Waals surface area contributed by atoms with E-state index in [0.717, 1.165) is 4.68 Å². The second kappa shape index (κ2) is 10.2. The lowest BCUT2D eigenvalue weighted by Gasteiger charge is -2.11. The highest BCUT2D eigenvalue weighted by atomic mass is 35.5. The molecule has 31 heavy (non-hydrogen) atoms. The number of nitrogens with one attached hydrogen (secondary N) is 1. The standard InChI is InChI=1S/C20H16Cl4N4O3/c1-30-12-3-6-17(31-2)11(7-12)8-25-27-16-9-26-28(20(29)19(16)24)10-13-14(21)4-5-15(22)18(13)23/h3-9,27H,10H2,1-2H3/b25-8-. The number of nitrogens with zero attached hydrogens (tertiary/aromatic N) is 3. The monoisotopic (exact) mass is 500 g/mol. The van der Waals surface area contributed by atoms with Gasteiger partial charge < -0.3 is 9.47 Å². The Hall–Kier alpha value is -2.45. The molecule has 1 heterocycles. The highest BCUT2D eigenvalue weighted by molar-refractivity contribution is 6.44. The van der Waals surface area contributed by atoms with Gasteiger partial charge >= 0.3 is 0 Å². The van der Waals surface area contributed by atoms with E-state index in [9.17, 15) is 4.79 Å². The van der Waals surface area contributed by atoms with Gasteiger partial charge in [0.05, 0.1) is 43.2 Å². The molecule has 1 aromatic heterocycles. The first kappa shape index (κ1) is 23.2. The number of hydrazone groups is 1. The van der Waals surface area contributed by atoms with Crippen LogP contribution in [-0.2, 0) is 6.54 Å². The van der Waals surface area contributed by atoms with Gasteiger partial charge in [0.25, 0.3) is 5.56 Å². The molecule has 0 fully saturated rings. The fraction of sp³-hybridized carbons (Fsp3) is 0.150. The number of rotatable bonds is 7. The summed E-state index contributed by atoms with van der Waals surface area (Å²) in [4.78, 5) is 12.6. The molecule has 0 bridgehead atoms. The van der Waals surface area contributed by atoms with E-state index >= 15 is 0 Å². The topological polar surface area (TPSA) is 77.7 Å². The van der Waals surface area contributed by atoms with Crippen molar-refractivity contribution in [2.45, 2.75) is 6.54 Å². The second-order valence-electron chi connectivity index (χ2n) is 6.13. The Labute approximate surface area is 198 Å². The first-order chi connectivity index (χ1) is 14.8. The largest absolute Gasteiger partial charge is 0.497 e. The number of benzene rings is 2. The minimum atomic E-state index is -0.548. The van der Waals surface area contributed by atoms with Gasteiger partial charge in [0.15, 0.2) is 0 Å². The Morgan fingerprint density at radius 1 is 1.06 bits per heavy atom. The third-order valence-electron chi connectivity index (χ3n) is 4.26. The van der Waals surface area contributed by atoms with Crippen LogP contribution in [0.2, 0.25) is 20.1 Å². The summed E-state index contributed by atoms with van der Waals surface area (Å²) in [6.07, 6.45) is 2.88. The van der Waals surface area contributed by atoms with E-state index in [1.165, 1.54) is 12.4 Å². The summed E-state index contributed by atoms with van der Waals surface area (Å²) >= 11 is 24.6. The van der Waals surface area contributed by atoms with E-state index in [-0.39, 0.29) is 22.3 Å². The molecule has 11 heteroatoms. The van der Waals surface area contributed by atoms with Gasteiger partial charge in [-0.25, -0.2) is 4.68 Å². The molecule has 162 valence electrons. The van der Waals surface area contributed by atoms with Crippen molar-refractivity contribution in [2.24, 2.45) is 5.10 Å². The van der Waals surface area contributed by atoms with E-state index in [4.69, 9.17) is 55.9 Å². The van der Waals surface area contributed by atoms with Crippen molar-refractivity contribution in [1.82, 2.24) is 9.78 Å². The zero-order chi connectivity index (χ0) is 22.5. The van der Waals surface area contributed by atoms with E-state index in [0.29, 0.717) is 32.7 Å². The number of methoxy groups -OCH3 is 2. The number of halogens is 4. The first-order valence-electron chi connectivity index (χ1n) is 8.74. The maximum Gasteiger partial charge on any atom is 0.288 e.